The summed E-state index contributed by atoms with van der Waals surface area (Å²) in [6.45, 7) is 9.12. The van der Waals surface area contributed by atoms with Gasteiger partial charge in [-0.25, -0.2) is 0 Å². The summed E-state index contributed by atoms with van der Waals surface area (Å²) in [6.07, 6.45) is 3.92. The van der Waals surface area contributed by atoms with Crippen LogP contribution in [0.3, 0.4) is 0 Å². The first-order valence-corrected chi connectivity index (χ1v) is 4.72. The van der Waals surface area contributed by atoms with Crippen LogP contribution >= 0.6 is 0 Å². The molecule has 0 radical (unpaired) electrons. The fourth-order valence-corrected chi connectivity index (χ4v) is 2.24. The minimum absolute atomic E-state index is 0.373. The normalized spacial score (nSPS) is 24.8. The highest BCUT2D eigenvalue weighted by Gasteiger charge is 2.55. The molecule has 1 atom stereocenters. The lowest BCUT2D eigenvalue weighted by atomic mass is 9.70. The van der Waals surface area contributed by atoms with E-state index in [0.717, 1.165) is 0 Å². The number of hydrogen-bond donors (Lipinski definition) is 1. The maximum absolute atomic E-state index is 5.99. The van der Waals surface area contributed by atoms with Gasteiger partial charge in [-0.15, -0.1) is 0 Å². The van der Waals surface area contributed by atoms with E-state index in [1.807, 2.05) is 0 Å². The summed E-state index contributed by atoms with van der Waals surface area (Å²) in [7, 11) is 0. The van der Waals surface area contributed by atoms with Crippen molar-refractivity contribution in [3.63, 3.8) is 0 Å². The van der Waals surface area contributed by atoms with Gasteiger partial charge in [-0.05, 0) is 30.6 Å². The van der Waals surface area contributed by atoms with Gasteiger partial charge in [-0.3, -0.25) is 0 Å². The molecule has 1 unspecified atom stereocenters. The zero-order valence-electron chi connectivity index (χ0n) is 8.28. The zero-order valence-corrected chi connectivity index (χ0v) is 8.28. The Kier molecular flexibility index (Phi) is 2.04. The van der Waals surface area contributed by atoms with E-state index in [1.54, 1.807) is 0 Å². The van der Waals surface area contributed by atoms with Crippen molar-refractivity contribution in [1.82, 2.24) is 0 Å². The fraction of sp³-hybridized carbons (Fsp3) is 1.00. The van der Waals surface area contributed by atoms with Crippen molar-refractivity contribution in [2.45, 2.75) is 53.0 Å². The van der Waals surface area contributed by atoms with Crippen molar-refractivity contribution in [2.75, 3.05) is 0 Å². The third kappa shape index (κ3) is 1.20. The van der Waals surface area contributed by atoms with Crippen molar-refractivity contribution in [3.8, 4) is 0 Å². The van der Waals surface area contributed by atoms with Crippen molar-refractivity contribution in [1.29, 1.82) is 0 Å². The second-order valence-electron chi connectivity index (χ2n) is 4.68. The summed E-state index contributed by atoms with van der Waals surface area (Å²) >= 11 is 0. The third-order valence-electron chi connectivity index (χ3n) is 3.89. The van der Waals surface area contributed by atoms with Crippen LogP contribution in [0.1, 0.15) is 47.0 Å². The molecule has 1 fully saturated rings. The predicted molar refractivity (Wildman–Crippen MR) is 49.4 cm³/mol. The van der Waals surface area contributed by atoms with E-state index >= 15 is 0 Å². The highest BCUT2D eigenvalue weighted by atomic mass is 14.8. The van der Waals surface area contributed by atoms with Crippen molar-refractivity contribution in [3.05, 3.63) is 0 Å². The Balaban J connectivity index is 2.72. The Hall–Kier alpha value is -0.0400. The van der Waals surface area contributed by atoms with Crippen LogP contribution in [0.4, 0.5) is 0 Å². The molecular weight excluding hydrogens is 134 g/mol. The number of rotatable bonds is 3. The maximum Gasteiger partial charge on any atom is 0.00721 e. The summed E-state index contributed by atoms with van der Waals surface area (Å²) in [6, 6.07) is 0.373. The third-order valence-corrected chi connectivity index (χ3v) is 3.89. The molecule has 0 aromatic rings. The fourth-order valence-electron chi connectivity index (χ4n) is 2.24. The first-order valence-electron chi connectivity index (χ1n) is 4.72. The van der Waals surface area contributed by atoms with E-state index in [0.29, 0.717) is 16.9 Å². The Labute approximate surface area is 70.4 Å². The van der Waals surface area contributed by atoms with Gasteiger partial charge >= 0.3 is 0 Å². The molecule has 0 bridgehead atoms. The van der Waals surface area contributed by atoms with Crippen LogP contribution in [0.25, 0.3) is 0 Å². The molecule has 1 nitrogen and oxygen atoms in total. The zero-order chi connectivity index (χ0) is 8.70. The topological polar surface area (TPSA) is 26.0 Å². The lowest BCUT2D eigenvalue weighted by Crippen LogP contribution is -2.39. The monoisotopic (exact) mass is 155 g/mol. The van der Waals surface area contributed by atoms with E-state index in [9.17, 15) is 0 Å². The lowest BCUT2D eigenvalue weighted by molar-refractivity contribution is 0.151. The van der Waals surface area contributed by atoms with Crippen LogP contribution in [-0.2, 0) is 0 Å². The molecule has 0 heterocycles. The van der Waals surface area contributed by atoms with Gasteiger partial charge in [0.05, 0.1) is 0 Å². The number of hydrogen-bond acceptors (Lipinski definition) is 1. The average molecular weight is 155 g/mol. The van der Waals surface area contributed by atoms with Crippen molar-refractivity contribution >= 4 is 0 Å². The van der Waals surface area contributed by atoms with Crippen LogP contribution in [0.15, 0.2) is 0 Å². The van der Waals surface area contributed by atoms with Gasteiger partial charge in [0, 0.05) is 6.04 Å². The Morgan fingerprint density at radius 1 is 1.45 bits per heavy atom. The summed E-state index contributed by atoms with van der Waals surface area (Å²) in [5.74, 6) is 0. The SMILES string of the molecule is CCC(C)(C)C1(C(C)N)CC1. The molecule has 1 rings (SSSR count). The molecule has 11 heavy (non-hydrogen) atoms. The van der Waals surface area contributed by atoms with Gasteiger partial charge in [0.15, 0.2) is 0 Å². The van der Waals surface area contributed by atoms with Crippen LogP contribution in [0.5, 0.6) is 0 Å². The molecular formula is C10H21N. The number of nitrogens with two attached hydrogens (primary N) is 1. The van der Waals surface area contributed by atoms with Gasteiger partial charge in [-0.1, -0.05) is 27.2 Å². The van der Waals surface area contributed by atoms with E-state index < -0.39 is 0 Å². The second kappa shape index (κ2) is 2.48. The van der Waals surface area contributed by atoms with Crippen LogP contribution in [0, 0.1) is 10.8 Å². The molecule has 0 amide bonds. The summed E-state index contributed by atoms with van der Waals surface area (Å²) in [5, 5.41) is 0. The lowest BCUT2D eigenvalue weighted by Gasteiger charge is -2.36. The molecule has 1 heteroatoms. The smallest absolute Gasteiger partial charge is 0.00721 e. The molecule has 0 aromatic heterocycles. The van der Waals surface area contributed by atoms with Gasteiger partial charge in [-0.2, -0.15) is 0 Å². The quantitative estimate of drug-likeness (QED) is 0.666. The van der Waals surface area contributed by atoms with Crippen LogP contribution < -0.4 is 5.73 Å². The maximum atomic E-state index is 5.99. The average Bonchev–Trinajstić information content (AvgIpc) is 2.66. The van der Waals surface area contributed by atoms with Gasteiger partial charge in [0.25, 0.3) is 0 Å². The second-order valence-corrected chi connectivity index (χ2v) is 4.68. The minimum atomic E-state index is 0.373. The van der Waals surface area contributed by atoms with E-state index in [1.165, 1.54) is 19.3 Å². The van der Waals surface area contributed by atoms with Gasteiger partial charge in [0.1, 0.15) is 0 Å². The summed E-state index contributed by atoms with van der Waals surface area (Å²) in [5.41, 5.74) is 6.91. The summed E-state index contributed by atoms with van der Waals surface area (Å²) < 4.78 is 0. The standard InChI is InChI=1S/C10H21N/c1-5-9(3,4)10(6-7-10)8(2)11/h8H,5-7,11H2,1-4H3. The molecule has 66 valence electrons. The first-order chi connectivity index (χ1) is 4.96. The highest BCUT2D eigenvalue weighted by Crippen LogP contribution is 2.61. The molecule has 0 aliphatic heterocycles. The Morgan fingerprint density at radius 3 is 2.00 bits per heavy atom. The van der Waals surface area contributed by atoms with Crippen LogP contribution in [-0.4, -0.2) is 6.04 Å². The Bertz CT molecular complexity index is 143. The molecule has 0 aromatic carbocycles. The minimum Gasteiger partial charge on any atom is -0.327 e. The Morgan fingerprint density at radius 2 is 1.91 bits per heavy atom. The summed E-state index contributed by atoms with van der Waals surface area (Å²) in [4.78, 5) is 0. The molecule has 1 saturated carbocycles. The molecule has 0 spiro atoms. The van der Waals surface area contributed by atoms with Crippen LogP contribution in [0.2, 0.25) is 0 Å². The van der Waals surface area contributed by atoms with Gasteiger partial charge < -0.3 is 5.73 Å². The molecule has 1 aliphatic rings. The molecule has 0 saturated heterocycles. The predicted octanol–water partition coefficient (Wildman–Crippen LogP) is 2.55. The van der Waals surface area contributed by atoms with Gasteiger partial charge in [0.2, 0.25) is 0 Å². The van der Waals surface area contributed by atoms with E-state index in [-0.39, 0.29) is 0 Å². The van der Waals surface area contributed by atoms with E-state index in [2.05, 4.69) is 27.7 Å². The van der Waals surface area contributed by atoms with Crippen molar-refractivity contribution < 1.29 is 0 Å². The largest absolute Gasteiger partial charge is 0.327 e. The van der Waals surface area contributed by atoms with Crippen molar-refractivity contribution in [2.24, 2.45) is 16.6 Å². The first kappa shape index (κ1) is 9.05. The molecule has 1 aliphatic carbocycles. The molecule has 2 N–H and O–H groups in total. The highest BCUT2D eigenvalue weighted by molar-refractivity contribution is 5.07. The van der Waals surface area contributed by atoms with E-state index in [4.69, 9.17) is 5.73 Å².